The van der Waals surface area contributed by atoms with Crippen LogP contribution in [0, 0.1) is 5.92 Å². The maximum Gasteiger partial charge on any atom is 0.0408 e. The minimum absolute atomic E-state index is 0.507. The highest BCUT2D eigenvalue weighted by Crippen LogP contribution is 2.14. The molecule has 0 radical (unpaired) electrons. The molecule has 0 rings (SSSR count). The fourth-order valence-corrected chi connectivity index (χ4v) is 0.918. The topological polar surface area (TPSA) is 12.4 Å². The molecule has 0 heterocycles. The highest BCUT2D eigenvalue weighted by atomic mass is 14.7. The summed E-state index contributed by atoms with van der Waals surface area (Å²) in [5, 5.41) is 0. The van der Waals surface area contributed by atoms with E-state index in [1.54, 1.807) is 6.08 Å². The van der Waals surface area contributed by atoms with Crippen LogP contribution < -0.4 is 0 Å². The van der Waals surface area contributed by atoms with Crippen molar-refractivity contribution < 1.29 is 0 Å². The molecule has 0 fully saturated rings. The first-order chi connectivity index (χ1) is 5.51. The van der Waals surface area contributed by atoms with E-state index >= 15 is 0 Å². The van der Waals surface area contributed by atoms with Crippen molar-refractivity contribution >= 4 is 6.72 Å². The van der Waals surface area contributed by atoms with Crippen molar-refractivity contribution in [2.45, 2.75) is 34.6 Å². The van der Waals surface area contributed by atoms with Gasteiger partial charge in [-0.25, -0.2) is 0 Å². The van der Waals surface area contributed by atoms with Crippen LogP contribution >= 0.6 is 0 Å². The molecule has 0 aromatic carbocycles. The second kappa shape index (κ2) is 8.25. The summed E-state index contributed by atoms with van der Waals surface area (Å²) in [5.41, 5.74) is 2.38. The molecule has 0 aliphatic carbocycles. The monoisotopic (exact) mass is 167 g/mol. The van der Waals surface area contributed by atoms with E-state index < -0.39 is 0 Å². The Kier molecular flexibility index (Phi) is 9.43. The van der Waals surface area contributed by atoms with Gasteiger partial charge in [-0.2, -0.15) is 0 Å². The molecule has 0 N–H and O–H groups in total. The largest absolute Gasteiger partial charge is 0.269 e. The third-order valence-electron chi connectivity index (χ3n) is 1.23. The second-order valence-corrected chi connectivity index (χ2v) is 3.11. The zero-order valence-electron chi connectivity index (χ0n) is 9.02. The van der Waals surface area contributed by atoms with Gasteiger partial charge < -0.3 is 0 Å². The molecule has 0 saturated carbocycles. The van der Waals surface area contributed by atoms with Gasteiger partial charge in [0.2, 0.25) is 0 Å². The lowest BCUT2D eigenvalue weighted by atomic mass is 10.1. The molecule has 0 bridgehead atoms. The van der Waals surface area contributed by atoms with Crippen LogP contribution in [0.2, 0.25) is 0 Å². The Labute approximate surface area is 76.9 Å². The van der Waals surface area contributed by atoms with Crippen molar-refractivity contribution in [1.29, 1.82) is 0 Å². The van der Waals surface area contributed by atoms with Gasteiger partial charge in [-0.15, -0.1) is 6.58 Å². The summed E-state index contributed by atoms with van der Waals surface area (Å²) in [7, 11) is 0. The molecule has 0 saturated heterocycles. The van der Waals surface area contributed by atoms with Gasteiger partial charge in [0, 0.05) is 5.70 Å². The average molecular weight is 167 g/mol. The summed E-state index contributed by atoms with van der Waals surface area (Å²) in [5.74, 6) is 0.507. The van der Waals surface area contributed by atoms with Crippen LogP contribution in [0.15, 0.2) is 28.9 Å². The minimum Gasteiger partial charge on any atom is -0.269 e. The summed E-state index contributed by atoms with van der Waals surface area (Å²) in [6, 6.07) is 0. The van der Waals surface area contributed by atoms with Crippen LogP contribution in [0.25, 0.3) is 0 Å². The molecule has 12 heavy (non-hydrogen) atoms. The molecular weight excluding hydrogens is 146 g/mol. The average Bonchev–Trinajstić information content (AvgIpc) is 1.88. The van der Waals surface area contributed by atoms with Crippen LogP contribution in [-0.2, 0) is 0 Å². The van der Waals surface area contributed by atoms with Gasteiger partial charge in [0.15, 0.2) is 0 Å². The second-order valence-electron chi connectivity index (χ2n) is 3.11. The first-order valence-corrected chi connectivity index (χ1v) is 4.22. The molecule has 0 aliphatic heterocycles. The predicted octanol–water partition coefficient (Wildman–Crippen LogP) is 3.83. The molecule has 0 spiro atoms. The van der Waals surface area contributed by atoms with E-state index in [4.69, 9.17) is 0 Å². The number of nitrogens with zero attached hydrogens (tertiary/aromatic N) is 1. The molecule has 0 aromatic rings. The van der Waals surface area contributed by atoms with Crippen molar-refractivity contribution in [2.24, 2.45) is 10.9 Å². The highest BCUT2D eigenvalue weighted by molar-refractivity contribution is 5.30. The Bertz CT molecular complexity index is 160. The highest BCUT2D eigenvalue weighted by Gasteiger charge is 1.99. The van der Waals surface area contributed by atoms with Crippen molar-refractivity contribution in [2.75, 3.05) is 0 Å². The summed E-state index contributed by atoms with van der Waals surface area (Å²) in [4.78, 5) is 3.92. The predicted molar refractivity (Wildman–Crippen MR) is 58.6 cm³/mol. The Balaban J connectivity index is 0. The lowest BCUT2D eigenvalue weighted by Crippen LogP contribution is -1.91. The number of aliphatic imine (C=N–C) groups is 1. The fourth-order valence-electron chi connectivity index (χ4n) is 0.918. The van der Waals surface area contributed by atoms with Crippen molar-refractivity contribution in [3.8, 4) is 0 Å². The molecule has 0 atom stereocenters. The summed E-state index contributed by atoms with van der Waals surface area (Å²) in [6.07, 6.45) is 1.75. The molecule has 0 amide bonds. The minimum atomic E-state index is 0.507. The van der Waals surface area contributed by atoms with Crippen LogP contribution in [0.4, 0.5) is 0 Å². The quantitative estimate of drug-likeness (QED) is 0.438. The number of hydrogen-bond donors (Lipinski definition) is 0. The molecule has 70 valence electrons. The van der Waals surface area contributed by atoms with Gasteiger partial charge in [0.05, 0.1) is 0 Å². The van der Waals surface area contributed by atoms with E-state index in [2.05, 4.69) is 46.0 Å². The van der Waals surface area contributed by atoms with Crippen LogP contribution in [0.1, 0.15) is 34.6 Å². The Morgan fingerprint density at radius 2 is 1.67 bits per heavy atom. The fraction of sp³-hybridized carbons (Fsp3) is 0.545. The van der Waals surface area contributed by atoms with E-state index in [1.165, 1.54) is 5.57 Å². The van der Waals surface area contributed by atoms with Gasteiger partial charge >= 0.3 is 0 Å². The zero-order chi connectivity index (χ0) is 10.1. The van der Waals surface area contributed by atoms with Crippen molar-refractivity contribution in [3.05, 3.63) is 23.9 Å². The van der Waals surface area contributed by atoms with E-state index in [1.807, 2.05) is 6.92 Å². The number of rotatable bonds is 2. The third-order valence-corrected chi connectivity index (χ3v) is 1.23. The molecule has 0 aromatic heterocycles. The third kappa shape index (κ3) is 7.26. The van der Waals surface area contributed by atoms with E-state index in [9.17, 15) is 0 Å². The van der Waals surface area contributed by atoms with Crippen LogP contribution in [-0.4, -0.2) is 6.72 Å². The Morgan fingerprint density at radius 3 is 1.67 bits per heavy atom. The van der Waals surface area contributed by atoms with Gasteiger partial charge in [0.1, 0.15) is 0 Å². The first kappa shape index (κ1) is 13.7. The van der Waals surface area contributed by atoms with E-state index in [-0.39, 0.29) is 0 Å². The summed E-state index contributed by atoms with van der Waals surface area (Å²) < 4.78 is 0. The number of allylic oxidation sites excluding steroid dienone is 3. The Hall–Kier alpha value is -0.850. The zero-order valence-corrected chi connectivity index (χ0v) is 9.02. The van der Waals surface area contributed by atoms with Gasteiger partial charge in [0.25, 0.3) is 0 Å². The maximum absolute atomic E-state index is 3.92. The van der Waals surface area contributed by atoms with E-state index in [0.717, 1.165) is 5.70 Å². The van der Waals surface area contributed by atoms with Gasteiger partial charge in [-0.05, 0) is 33.4 Å². The molecule has 1 nitrogen and oxygen atoms in total. The molecule has 0 unspecified atom stereocenters. The van der Waals surface area contributed by atoms with Gasteiger partial charge in [-0.1, -0.05) is 25.5 Å². The normalized spacial score (nSPS) is 8.17. The smallest absolute Gasteiger partial charge is 0.0408 e. The van der Waals surface area contributed by atoms with Crippen molar-refractivity contribution in [3.63, 3.8) is 0 Å². The summed E-state index contributed by atoms with van der Waals surface area (Å²) in [6.45, 7) is 17.1. The molecular formula is C11H21N. The number of hydrogen-bond acceptors (Lipinski definition) is 1. The standard InChI is InChI=1S/C8H15N.C3H6/c1-6(2)8(9-5)7(3)4;1-3-2/h6H,5H2,1-4H3;3H,1H2,2H3. The molecule has 0 aliphatic rings. The lowest BCUT2D eigenvalue weighted by Gasteiger charge is -2.05. The van der Waals surface area contributed by atoms with Crippen LogP contribution in [0.5, 0.6) is 0 Å². The van der Waals surface area contributed by atoms with E-state index in [0.29, 0.717) is 5.92 Å². The molecule has 1 heteroatoms. The Morgan fingerprint density at radius 1 is 1.33 bits per heavy atom. The maximum atomic E-state index is 3.92. The summed E-state index contributed by atoms with van der Waals surface area (Å²) >= 11 is 0. The van der Waals surface area contributed by atoms with Crippen molar-refractivity contribution in [1.82, 2.24) is 0 Å². The SMILES string of the molecule is C=CC.C=NC(=C(C)C)C(C)C. The lowest BCUT2D eigenvalue weighted by molar-refractivity contribution is 0.747. The first-order valence-electron chi connectivity index (χ1n) is 4.22. The van der Waals surface area contributed by atoms with Crippen LogP contribution in [0.3, 0.4) is 0 Å². The van der Waals surface area contributed by atoms with Gasteiger partial charge in [-0.3, -0.25) is 4.99 Å².